The van der Waals surface area contributed by atoms with Crippen LogP contribution >= 0.6 is 11.3 Å². The molecule has 0 bridgehead atoms. The zero-order chi connectivity index (χ0) is 13.1. The van der Waals surface area contributed by atoms with Gasteiger partial charge in [-0.3, -0.25) is 0 Å². The third-order valence-corrected chi connectivity index (χ3v) is 3.85. The van der Waals surface area contributed by atoms with Crippen molar-refractivity contribution >= 4 is 22.1 Å². The SMILES string of the molecule is NCC(Oc1cccc2ccccc12)c1ccsc1. The second kappa shape index (κ2) is 5.43. The van der Waals surface area contributed by atoms with E-state index < -0.39 is 0 Å². The quantitative estimate of drug-likeness (QED) is 0.777. The van der Waals surface area contributed by atoms with Crippen LogP contribution in [-0.4, -0.2) is 6.54 Å². The molecule has 0 radical (unpaired) electrons. The van der Waals surface area contributed by atoms with Gasteiger partial charge in [0.1, 0.15) is 11.9 Å². The molecule has 0 amide bonds. The van der Waals surface area contributed by atoms with E-state index in [1.54, 1.807) is 11.3 Å². The fourth-order valence-corrected chi connectivity index (χ4v) is 2.86. The lowest BCUT2D eigenvalue weighted by molar-refractivity contribution is 0.217. The second-order valence-corrected chi connectivity index (χ2v) is 5.16. The first-order valence-electron chi connectivity index (χ1n) is 6.25. The lowest BCUT2D eigenvalue weighted by Gasteiger charge is -2.17. The highest BCUT2D eigenvalue weighted by atomic mass is 32.1. The topological polar surface area (TPSA) is 35.2 Å². The monoisotopic (exact) mass is 269 g/mol. The third-order valence-electron chi connectivity index (χ3n) is 3.15. The van der Waals surface area contributed by atoms with Crippen molar-refractivity contribution in [2.24, 2.45) is 5.73 Å². The van der Waals surface area contributed by atoms with E-state index in [4.69, 9.17) is 10.5 Å². The molecule has 2 aromatic carbocycles. The zero-order valence-corrected chi connectivity index (χ0v) is 11.3. The van der Waals surface area contributed by atoms with E-state index in [9.17, 15) is 0 Å². The maximum absolute atomic E-state index is 6.10. The van der Waals surface area contributed by atoms with Crippen LogP contribution in [-0.2, 0) is 0 Å². The van der Waals surface area contributed by atoms with Crippen LogP contribution in [0.25, 0.3) is 10.8 Å². The van der Waals surface area contributed by atoms with Crippen molar-refractivity contribution in [3.8, 4) is 5.75 Å². The Hall–Kier alpha value is -1.84. The molecule has 1 unspecified atom stereocenters. The predicted molar refractivity (Wildman–Crippen MR) is 80.7 cm³/mol. The van der Waals surface area contributed by atoms with Gasteiger partial charge in [-0.25, -0.2) is 0 Å². The van der Waals surface area contributed by atoms with Gasteiger partial charge in [0, 0.05) is 17.5 Å². The molecule has 3 heteroatoms. The first-order chi connectivity index (χ1) is 9.38. The standard InChI is InChI=1S/C16H15NOS/c17-10-16(13-8-9-19-11-13)18-15-7-3-5-12-4-1-2-6-14(12)15/h1-9,11,16H,10,17H2. The van der Waals surface area contributed by atoms with Crippen molar-refractivity contribution in [1.82, 2.24) is 0 Å². The Morgan fingerprint density at radius 2 is 1.89 bits per heavy atom. The van der Waals surface area contributed by atoms with Crippen LogP contribution in [0.2, 0.25) is 0 Å². The summed E-state index contributed by atoms with van der Waals surface area (Å²) in [5, 5.41) is 6.44. The molecular formula is C16H15NOS. The lowest BCUT2D eigenvalue weighted by Crippen LogP contribution is -2.17. The van der Waals surface area contributed by atoms with E-state index in [-0.39, 0.29) is 6.10 Å². The molecule has 0 spiro atoms. The molecule has 0 fully saturated rings. The van der Waals surface area contributed by atoms with Crippen molar-refractivity contribution in [3.63, 3.8) is 0 Å². The molecule has 0 saturated heterocycles. The molecular weight excluding hydrogens is 254 g/mol. The van der Waals surface area contributed by atoms with Gasteiger partial charge in [0.25, 0.3) is 0 Å². The van der Waals surface area contributed by atoms with Crippen molar-refractivity contribution < 1.29 is 4.74 Å². The van der Waals surface area contributed by atoms with Gasteiger partial charge in [0.05, 0.1) is 0 Å². The summed E-state index contributed by atoms with van der Waals surface area (Å²) < 4.78 is 6.10. The molecule has 19 heavy (non-hydrogen) atoms. The summed E-state index contributed by atoms with van der Waals surface area (Å²) in [5.41, 5.74) is 6.97. The molecule has 1 heterocycles. The number of ether oxygens (including phenoxy) is 1. The van der Waals surface area contributed by atoms with E-state index in [0.717, 1.165) is 16.7 Å². The molecule has 0 aliphatic carbocycles. The van der Waals surface area contributed by atoms with Crippen LogP contribution in [0.15, 0.2) is 59.3 Å². The van der Waals surface area contributed by atoms with Crippen molar-refractivity contribution in [3.05, 3.63) is 64.9 Å². The lowest BCUT2D eigenvalue weighted by atomic mass is 10.1. The normalized spacial score (nSPS) is 12.5. The number of benzene rings is 2. The van der Waals surface area contributed by atoms with Gasteiger partial charge >= 0.3 is 0 Å². The number of hydrogen-bond acceptors (Lipinski definition) is 3. The second-order valence-electron chi connectivity index (χ2n) is 4.38. The summed E-state index contributed by atoms with van der Waals surface area (Å²) in [5.74, 6) is 0.889. The van der Waals surface area contributed by atoms with E-state index in [1.807, 2.05) is 29.6 Å². The van der Waals surface area contributed by atoms with Gasteiger partial charge in [-0.2, -0.15) is 11.3 Å². The Balaban J connectivity index is 1.96. The van der Waals surface area contributed by atoms with E-state index in [0.29, 0.717) is 6.54 Å². The number of rotatable bonds is 4. The molecule has 0 aliphatic rings. The van der Waals surface area contributed by atoms with Crippen LogP contribution in [0, 0.1) is 0 Å². The highest BCUT2D eigenvalue weighted by Crippen LogP contribution is 2.29. The summed E-state index contributed by atoms with van der Waals surface area (Å²) in [6, 6.07) is 16.4. The van der Waals surface area contributed by atoms with Gasteiger partial charge < -0.3 is 10.5 Å². The maximum atomic E-state index is 6.10. The van der Waals surface area contributed by atoms with Crippen LogP contribution in [0.5, 0.6) is 5.75 Å². The number of thiophene rings is 1. The van der Waals surface area contributed by atoms with Gasteiger partial charge in [-0.15, -0.1) is 0 Å². The molecule has 1 atom stereocenters. The van der Waals surface area contributed by atoms with Crippen molar-refractivity contribution in [1.29, 1.82) is 0 Å². The summed E-state index contributed by atoms with van der Waals surface area (Å²) in [4.78, 5) is 0. The Bertz CT molecular complexity index is 658. The maximum Gasteiger partial charge on any atom is 0.137 e. The number of nitrogens with two attached hydrogens (primary N) is 1. The average Bonchev–Trinajstić information content (AvgIpc) is 2.99. The van der Waals surface area contributed by atoms with E-state index >= 15 is 0 Å². The fourth-order valence-electron chi connectivity index (χ4n) is 2.16. The molecule has 96 valence electrons. The number of hydrogen-bond donors (Lipinski definition) is 1. The first kappa shape index (κ1) is 12.2. The van der Waals surface area contributed by atoms with Crippen LogP contribution in [0.4, 0.5) is 0 Å². The van der Waals surface area contributed by atoms with Gasteiger partial charge in [-0.05, 0) is 28.3 Å². The Morgan fingerprint density at radius 3 is 2.68 bits per heavy atom. The smallest absolute Gasteiger partial charge is 0.137 e. The van der Waals surface area contributed by atoms with Gasteiger partial charge in [-0.1, -0.05) is 36.4 Å². The minimum Gasteiger partial charge on any atom is -0.484 e. The third kappa shape index (κ3) is 2.48. The molecule has 0 saturated carbocycles. The summed E-state index contributed by atoms with van der Waals surface area (Å²) in [6.07, 6.45) is -0.0861. The van der Waals surface area contributed by atoms with Crippen molar-refractivity contribution in [2.45, 2.75) is 6.10 Å². The minimum absolute atomic E-state index is 0.0861. The van der Waals surface area contributed by atoms with Crippen LogP contribution in [0.3, 0.4) is 0 Å². The van der Waals surface area contributed by atoms with Gasteiger partial charge in [0.15, 0.2) is 0 Å². The molecule has 1 aromatic heterocycles. The zero-order valence-electron chi connectivity index (χ0n) is 10.5. The highest BCUT2D eigenvalue weighted by Gasteiger charge is 2.13. The Labute approximate surface area is 116 Å². The van der Waals surface area contributed by atoms with Crippen LogP contribution < -0.4 is 10.5 Å². The number of fused-ring (bicyclic) bond motifs is 1. The molecule has 2 nitrogen and oxygen atoms in total. The predicted octanol–water partition coefficient (Wildman–Crippen LogP) is 3.98. The highest BCUT2D eigenvalue weighted by molar-refractivity contribution is 7.07. The van der Waals surface area contributed by atoms with Crippen molar-refractivity contribution in [2.75, 3.05) is 6.54 Å². The van der Waals surface area contributed by atoms with E-state index in [1.165, 1.54) is 5.39 Å². The van der Waals surface area contributed by atoms with E-state index in [2.05, 4.69) is 29.6 Å². The molecule has 0 aliphatic heterocycles. The van der Waals surface area contributed by atoms with Gasteiger partial charge in [0.2, 0.25) is 0 Å². The Morgan fingerprint density at radius 1 is 1.05 bits per heavy atom. The fraction of sp³-hybridized carbons (Fsp3) is 0.125. The first-order valence-corrected chi connectivity index (χ1v) is 7.19. The minimum atomic E-state index is -0.0861. The summed E-state index contributed by atoms with van der Waals surface area (Å²) in [6.45, 7) is 0.472. The molecule has 3 aromatic rings. The Kier molecular flexibility index (Phi) is 3.49. The molecule has 3 rings (SSSR count). The summed E-state index contributed by atoms with van der Waals surface area (Å²) >= 11 is 1.66. The van der Waals surface area contributed by atoms with Crippen LogP contribution in [0.1, 0.15) is 11.7 Å². The largest absolute Gasteiger partial charge is 0.484 e. The summed E-state index contributed by atoms with van der Waals surface area (Å²) in [7, 11) is 0. The average molecular weight is 269 g/mol. The molecule has 2 N–H and O–H groups in total.